The Balaban J connectivity index is 5.32. The fraction of sp³-hybridized carbons (Fsp3) is 0.778. The lowest BCUT2D eigenvalue weighted by molar-refractivity contribution is 0.296. The van der Waals surface area contributed by atoms with E-state index in [0.29, 0.717) is 0 Å². The van der Waals surface area contributed by atoms with Crippen molar-refractivity contribution in [2.45, 2.75) is 27.7 Å². The maximum Gasteiger partial charge on any atom is 0.105 e. The zero-order valence-electron chi connectivity index (χ0n) is 8.81. The van der Waals surface area contributed by atoms with E-state index < -0.39 is 5.41 Å². The van der Waals surface area contributed by atoms with Gasteiger partial charge < -0.3 is 11.5 Å². The Labute approximate surface area is 79.7 Å². The van der Waals surface area contributed by atoms with Crippen LogP contribution >= 0.6 is 0 Å². The zero-order valence-corrected chi connectivity index (χ0v) is 8.81. The van der Waals surface area contributed by atoms with Crippen molar-refractivity contribution >= 4 is 11.7 Å². The minimum atomic E-state index is -0.778. The Morgan fingerprint density at radius 2 is 1.15 bits per heavy atom. The molecule has 0 saturated heterocycles. The molecular weight excluding hydrogens is 164 g/mol. The van der Waals surface area contributed by atoms with Gasteiger partial charge in [-0.05, 0) is 11.8 Å². The van der Waals surface area contributed by atoms with E-state index in [-0.39, 0.29) is 23.5 Å². The topological polar surface area (TPSA) is 99.7 Å². The van der Waals surface area contributed by atoms with Crippen LogP contribution in [-0.4, -0.2) is 11.7 Å². The van der Waals surface area contributed by atoms with Crippen LogP contribution in [0, 0.1) is 28.1 Å². The summed E-state index contributed by atoms with van der Waals surface area (Å²) in [4.78, 5) is 0. The first-order valence-corrected chi connectivity index (χ1v) is 4.46. The molecule has 0 saturated carbocycles. The summed E-state index contributed by atoms with van der Waals surface area (Å²) >= 11 is 0. The van der Waals surface area contributed by atoms with Crippen molar-refractivity contribution in [3.63, 3.8) is 0 Å². The third-order valence-corrected chi connectivity index (χ3v) is 2.71. The molecule has 76 valence electrons. The molecule has 0 amide bonds. The molecule has 4 heteroatoms. The third kappa shape index (κ3) is 1.66. The van der Waals surface area contributed by atoms with Crippen molar-refractivity contribution < 1.29 is 0 Å². The van der Waals surface area contributed by atoms with Crippen LogP contribution in [0.2, 0.25) is 0 Å². The SMILES string of the molecule is CC(C)C(C(=N)N)(C(=N)N)C(C)C. The van der Waals surface area contributed by atoms with Gasteiger partial charge in [-0.25, -0.2) is 0 Å². The maximum atomic E-state index is 7.55. The molecule has 0 aliphatic rings. The Bertz CT molecular complexity index is 194. The highest BCUT2D eigenvalue weighted by molar-refractivity contribution is 6.06. The van der Waals surface area contributed by atoms with Crippen molar-refractivity contribution in [1.29, 1.82) is 10.8 Å². The van der Waals surface area contributed by atoms with Crippen molar-refractivity contribution in [2.75, 3.05) is 0 Å². The van der Waals surface area contributed by atoms with E-state index in [1.807, 2.05) is 27.7 Å². The second-order valence-electron chi connectivity index (χ2n) is 4.01. The Hall–Kier alpha value is -1.06. The number of nitrogens with two attached hydrogens (primary N) is 2. The maximum absolute atomic E-state index is 7.55. The van der Waals surface area contributed by atoms with E-state index in [4.69, 9.17) is 22.3 Å². The smallest absolute Gasteiger partial charge is 0.105 e. The van der Waals surface area contributed by atoms with E-state index in [9.17, 15) is 0 Å². The minimum Gasteiger partial charge on any atom is -0.387 e. The van der Waals surface area contributed by atoms with Crippen LogP contribution in [0.25, 0.3) is 0 Å². The molecule has 0 aromatic carbocycles. The molecule has 0 heterocycles. The Kier molecular flexibility index (Phi) is 3.46. The Morgan fingerprint density at radius 3 is 1.15 bits per heavy atom. The molecule has 0 aliphatic heterocycles. The average Bonchev–Trinajstić information content (AvgIpc) is 1.82. The van der Waals surface area contributed by atoms with Crippen molar-refractivity contribution in [3.05, 3.63) is 0 Å². The molecule has 4 nitrogen and oxygen atoms in total. The van der Waals surface area contributed by atoms with Gasteiger partial charge in [0.15, 0.2) is 0 Å². The number of nitrogens with one attached hydrogen (secondary N) is 2. The van der Waals surface area contributed by atoms with Crippen LogP contribution in [0.5, 0.6) is 0 Å². The van der Waals surface area contributed by atoms with E-state index in [1.165, 1.54) is 0 Å². The summed E-state index contributed by atoms with van der Waals surface area (Å²) in [5.74, 6) is 0.125. The van der Waals surface area contributed by atoms with Crippen molar-refractivity contribution in [2.24, 2.45) is 28.7 Å². The minimum absolute atomic E-state index is 0.00926. The molecule has 0 fully saturated rings. The van der Waals surface area contributed by atoms with Crippen LogP contribution < -0.4 is 11.5 Å². The molecule has 6 N–H and O–H groups in total. The molecule has 0 aromatic rings. The number of hydrogen-bond donors (Lipinski definition) is 4. The average molecular weight is 184 g/mol. The van der Waals surface area contributed by atoms with E-state index >= 15 is 0 Å². The molecule has 0 aromatic heterocycles. The molecule has 0 bridgehead atoms. The van der Waals surface area contributed by atoms with Gasteiger partial charge in [0, 0.05) is 0 Å². The molecule has 0 radical (unpaired) electrons. The summed E-state index contributed by atoms with van der Waals surface area (Å²) in [5.41, 5.74) is 10.3. The highest BCUT2D eigenvalue weighted by Gasteiger charge is 2.43. The first kappa shape index (κ1) is 11.9. The molecule has 0 spiro atoms. The van der Waals surface area contributed by atoms with Gasteiger partial charge in [-0.3, -0.25) is 10.8 Å². The molecule has 13 heavy (non-hydrogen) atoms. The van der Waals surface area contributed by atoms with Gasteiger partial charge in [0.05, 0.1) is 5.41 Å². The number of hydrogen-bond acceptors (Lipinski definition) is 2. The molecule has 0 rings (SSSR count). The van der Waals surface area contributed by atoms with Crippen LogP contribution in [0.15, 0.2) is 0 Å². The summed E-state index contributed by atoms with van der Waals surface area (Å²) in [6.07, 6.45) is 0. The summed E-state index contributed by atoms with van der Waals surface area (Å²) in [6.45, 7) is 7.73. The highest BCUT2D eigenvalue weighted by Crippen LogP contribution is 2.35. The summed E-state index contributed by atoms with van der Waals surface area (Å²) in [7, 11) is 0. The summed E-state index contributed by atoms with van der Waals surface area (Å²) < 4.78 is 0. The summed E-state index contributed by atoms with van der Waals surface area (Å²) in [5, 5.41) is 15.1. The normalized spacial score (nSPS) is 12.2. The standard InChI is InChI=1S/C9H20N4/c1-5(2)9(6(3)4,7(10)11)8(12)13/h5-6H,1-4H3,(H3,10,11)(H3,12,13). The van der Waals surface area contributed by atoms with Gasteiger partial charge in [-0.1, -0.05) is 27.7 Å². The second-order valence-corrected chi connectivity index (χ2v) is 4.01. The predicted octanol–water partition coefficient (Wildman–Crippen LogP) is 1.16. The van der Waals surface area contributed by atoms with E-state index in [0.717, 1.165) is 0 Å². The number of rotatable bonds is 4. The van der Waals surface area contributed by atoms with Crippen LogP contribution in [0.4, 0.5) is 0 Å². The zero-order chi connectivity index (χ0) is 10.8. The van der Waals surface area contributed by atoms with Crippen LogP contribution in [0.3, 0.4) is 0 Å². The fourth-order valence-corrected chi connectivity index (χ4v) is 2.06. The second kappa shape index (κ2) is 3.77. The molecule has 0 aliphatic carbocycles. The fourth-order valence-electron chi connectivity index (χ4n) is 2.06. The van der Waals surface area contributed by atoms with Crippen molar-refractivity contribution in [1.82, 2.24) is 0 Å². The first-order valence-electron chi connectivity index (χ1n) is 4.46. The van der Waals surface area contributed by atoms with Gasteiger partial charge in [0.25, 0.3) is 0 Å². The Morgan fingerprint density at radius 1 is 0.923 bits per heavy atom. The summed E-state index contributed by atoms with van der Waals surface area (Å²) in [6, 6.07) is 0. The number of amidine groups is 2. The monoisotopic (exact) mass is 184 g/mol. The lowest BCUT2D eigenvalue weighted by Gasteiger charge is -2.38. The van der Waals surface area contributed by atoms with Gasteiger partial charge in [-0.2, -0.15) is 0 Å². The van der Waals surface area contributed by atoms with Gasteiger partial charge in [0.1, 0.15) is 11.7 Å². The lowest BCUT2D eigenvalue weighted by atomic mass is 9.67. The van der Waals surface area contributed by atoms with Crippen LogP contribution in [0.1, 0.15) is 27.7 Å². The van der Waals surface area contributed by atoms with E-state index in [2.05, 4.69) is 0 Å². The lowest BCUT2D eigenvalue weighted by Crippen LogP contribution is -2.54. The molecule has 0 unspecified atom stereocenters. The first-order chi connectivity index (χ1) is 5.77. The van der Waals surface area contributed by atoms with Gasteiger partial charge in [0.2, 0.25) is 0 Å². The molecule has 0 atom stereocenters. The largest absolute Gasteiger partial charge is 0.387 e. The third-order valence-electron chi connectivity index (χ3n) is 2.71. The highest BCUT2D eigenvalue weighted by atomic mass is 14.9. The van der Waals surface area contributed by atoms with E-state index in [1.54, 1.807) is 0 Å². The predicted molar refractivity (Wildman–Crippen MR) is 55.9 cm³/mol. The van der Waals surface area contributed by atoms with Crippen LogP contribution in [-0.2, 0) is 0 Å². The quantitative estimate of drug-likeness (QED) is 0.389. The molecular formula is C9H20N4. The van der Waals surface area contributed by atoms with Gasteiger partial charge in [-0.15, -0.1) is 0 Å². The van der Waals surface area contributed by atoms with Crippen molar-refractivity contribution in [3.8, 4) is 0 Å². The van der Waals surface area contributed by atoms with Gasteiger partial charge >= 0.3 is 0 Å².